The summed E-state index contributed by atoms with van der Waals surface area (Å²) in [5.74, 6) is -0.414. The van der Waals surface area contributed by atoms with E-state index >= 15 is 0 Å². The van der Waals surface area contributed by atoms with Crippen LogP contribution in [0.5, 0.6) is 0 Å². The van der Waals surface area contributed by atoms with Crippen molar-refractivity contribution in [1.82, 2.24) is 4.98 Å². The van der Waals surface area contributed by atoms with Crippen molar-refractivity contribution in [2.75, 3.05) is 10.6 Å². The van der Waals surface area contributed by atoms with E-state index in [9.17, 15) is 9.59 Å². The second-order valence-corrected chi connectivity index (χ2v) is 8.71. The highest BCUT2D eigenvalue weighted by Crippen LogP contribution is 2.24. The number of carbonyl (C=O) groups is 2. The monoisotopic (exact) mass is 407 g/mol. The van der Waals surface area contributed by atoms with Crippen molar-refractivity contribution in [1.29, 1.82) is 0 Å². The summed E-state index contributed by atoms with van der Waals surface area (Å²) in [7, 11) is 0. The topological polar surface area (TPSA) is 71.1 Å². The largest absolute Gasteiger partial charge is 0.321 e. The summed E-state index contributed by atoms with van der Waals surface area (Å²) in [6, 6.07) is 17.6. The minimum absolute atomic E-state index is 0.0606. The van der Waals surface area contributed by atoms with Gasteiger partial charge in [0.2, 0.25) is 5.91 Å². The van der Waals surface area contributed by atoms with Crippen molar-refractivity contribution >= 4 is 34.0 Å². The van der Waals surface area contributed by atoms with Gasteiger partial charge in [-0.15, -0.1) is 11.3 Å². The Labute approximate surface area is 175 Å². The van der Waals surface area contributed by atoms with Crippen molar-refractivity contribution in [3.05, 3.63) is 76.8 Å². The van der Waals surface area contributed by atoms with Gasteiger partial charge in [0, 0.05) is 17.5 Å². The molecule has 3 rings (SSSR count). The first kappa shape index (κ1) is 20.7. The first-order valence-corrected chi connectivity index (χ1v) is 10.4. The third kappa shape index (κ3) is 5.99. The zero-order valence-corrected chi connectivity index (χ0v) is 17.7. The Bertz CT molecular complexity index is 973. The lowest BCUT2D eigenvalue weighted by Gasteiger charge is -2.19. The van der Waals surface area contributed by atoms with Gasteiger partial charge in [-0.3, -0.25) is 9.59 Å². The Morgan fingerprint density at radius 1 is 0.966 bits per heavy atom. The molecule has 0 fully saturated rings. The summed E-state index contributed by atoms with van der Waals surface area (Å²) < 4.78 is 0. The molecule has 1 aromatic heterocycles. The van der Waals surface area contributed by atoms with Crippen molar-refractivity contribution < 1.29 is 9.59 Å². The van der Waals surface area contributed by atoms with E-state index in [1.54, 1.807) is 5.38 Å². The van der Waals surface area contributed by atoms with Crippen LogP contribution in [-0.4, -0.2) is 16.8 Å². The number of nitrogens with one attached hydrogen (secondary N) is 2. The van der Waals surface area contributed by atoms with Crippen LogP contribution in [0.3, 0.4) is 0 Å². The number of amides is 2. The minimum atomic E-state index is -0.297. The number of hydrogen-bond donors (Lipinski definition) is 2. The summed E-state index contributed by atoms with van der Waals surface area (Å²) in [6.07, 6.45) is 1.03. The number of nitrogens with zero attached hydrogens (tertiary/aromatic N) is 1. The zero-order valence-electron chi connectivity index (χ0n) is 16.9. The molecular weight excluding hydrogens is 382 g/mol. The summed E-state index contributed by atoms with van der Waals surface area (Å²) >= 11 is 1.24. The van der Waals surface area contributed by atoms with Gasteiger partial charge in [0.15, 0.2) is 5.13 Å². The van der Waals surface area contributed by atoms with Gasteiger partial charge in [0.1, 0.15) is 5.69 Å². The average Bonchev–Trinajstić information content (AvgIpc) is 3.15. The molecule has 0 saturated heterocycles. The van der Waals surface area contributed by atoms with Gasteiger partial charge in [-0.2, -0.15) is 0 Å². The molecule has 3 aromatic rings. The lowest BCUT2D eigenvalue weighted by molar-refractivity contribution is -0.116. The number of rotatable bonds is 6. The maximum atomic E-state index is 12.4. The van der Waals surface area contributed by atoms with E-state index < -0.39 is 0 Å². The Kier molecular flexibility index (Phi) is 6.44. The Morgan fingerprint density at radius 3 is 2.31 bits per heavy atom. The molecule has 0 aliphatic carbocycles. The van der Waals surface area contributed by atoms with E-state index in [1.807, 2.05) is 54.6 Å². The molecule has 0 atom stereocenters. The van der Waals surface area contributed by atoms with Gasteiger partial charge >= 0.3 is 0 Å². The quantitative estimate of drug-likeness (QED) is 0.585. The molecule has 0 radical (unpaired) electrons. The van der Waals surface area contributed by atoms with Crippen LogP contribution in [-0.2, 0) is 16.6 Å². The lowest BCUT2D eigenvalue weighted by atomic mass is 9.87. The highest BCUT2D eigenvalue weighted by molar-refractivity contribution is 7.14. The lowest BCUT2D eigenvalue weighted by Crippen LogP contribution is -2.15. The second kappa shape index (κ2) is 9.01. The van der Waals surface area contributed by atoms with E-state index in [-0.39, 0.29) is 22.9 Å². The molecule has 0 aliphatic heterocycles. The fourth-order valence-electron chi connectivity index (χ4n) is 2.77. The molecule has 0 spiro atoms. The fraction of sp³-hybridized carbons (Fsp3) is 0.261. The number of carbonyl (C=O) groups excluding carboxylic acids is 2. The minimum Gasteiger partial charge on any atom is -0.321 e. The molecule has 150 valence electrons. The van der Waals surface area contributed by atoms with Gasteiger partial charge in [-0.1, -0.05) is 63.2 Å². The van der Waals surface area contributed by atoms with E-state index in [2.05, 4.69) is 36.4 Å². The number of aromatic nitrogens is 1. The smallest absolute Gasteiger partial charge is 0.275 e. The molecule has 0 bridgehead atoms. The van der Waals surface area contributed by atoms with Gasteiger partial charge in [-0.25, -0.2) is 4.98 Å². The van der Waals surface area contributed by atoms with Gasteiger partial charge in [0.05, 0.1) is 0 Å². The highest BCUT2D eigenvalue weighted by atomic mass is 32.1. The number of aryl methyl sites for hydroxylation is 1. The van der Waals surface area contributed by atoms with Crippen molar-refractivity contribution in [2.24, 2.45) is 0 Å². The average molecular weight is 408 g/mol. The molecule has 29 heavy (non-hydrogen) atoms. The number of hydrogen-bond acceptors (Lipinski definition) is 4. The molecule has 0 saturated carbocycles. The fourth-order valence-corrected chi connectivity index (χ4v) is 3.48. The number of anilines is 2. The third-order valence-electron chi connectivity index (χ3n) is 4.48. The molecule has 0 unspecified atom stereocenters. The van der Waals surface area contributed by atoms with Gasteiger partial charge in [-0.05, 0) is 35.1 Å². The number of benzene rings is 2. The van der Waals surface area contributed by atoms with Crippen LogP contribution in [0.4, 0.5) is 10.8 Å². The predicted octanol–water partition coefficient (Wildman–Crippen LogP) is 5.26. The molecule has 2 N–H and O–H groups in total. The molecule has 5 nitrogen and oxygen atoms in total. The predicted molar refractivity (Wildman–Crippen MR) is 119 cm³/mol. The maximum Gasteiger partial charge on any atom is 0.275 e. The zero-order chi connectivity index (χ0) is 20.9. The summed E-state index contributed by atoms with van der Waals surface area (Å²) in [5, 5.41) is 7.68. The Morgan fingerprint density at radius 2 is 1.66 bits per heavy atom. The van der Waals surface area contributed by atoms with Crippen LogP contribution in [0.25, 0.3) is 0 Å². The van der Waals surface area contributed by atoms with Gasteiger partial charge in [0.25, 0.3) is 5.91 Å². The Balaban J connectivity index is 1.53. The van der Waals surface area contributed by atoms with Crippen molar-refractivity contribution in [2.45, 2.75) is 39.0 Å². The van der Waals surface area contributed by atoms with Crippen LogP contribution in [0.15, 0.2) is 60.0 Å². The molecule has 0 aliphatic rings. The number of thiazole rings is 1. The van der Waals surface area contributed by atoms with E-state index in [1.165, 1.54) is 16.9 Å². The van der Waals surface area contributed by atoms with Crippen molar-refractivity contribution in [3.8, 4) is 0 Å². The molecule has 2 aromatic carbocycles. The first-order valence-electron chi connectivity index (χ1n) is 9.52. The van der Waals surface area contributed by atoms with Crippen LogP contribution in [0.1, 0.15) is 48.8 Å². The molecule has 1 heterocycles. The highest BCUT2D eigenvalue weighted by Gasteiger charge is 2.15. The van der Waals surface area contributed by atoms with Crippen LogP contribution >= 0.6 is 11.3 Å². The summed E-state index contributed by atoms with van der Waals surface area (Å²) in [5.41, 5.74) is 3.37. The SMILES string of the molecule is CC(C)(C)c1ccc(NC(=O)c2csc(NC(=O)CCc3ccccc3)n2)cc1. The molecule has 2 amide bonds. The first-order chi connectivity index (χ1) is 13.8. The van der Waals surface area contributed by atoms with Crippen LogP contribution in [0, 0.1) is 0 Å². The molecule has 6 heteroatoms. The third-order valence-corrected chi connectivity index (χ3v) is 5.23. The maximum absolute atomic E-state index is 12.4. The van der Waals surface area contributed by atoms with Crippen molar-refractivity contribution in [3.63, 3.8) is 0 Å². The van der Waals surface area contributed by atoms with Gasteiger partial charge < -0.3 is 10.6 Å². The summed E-state index contributed by atoms with van der Waals surface area (Å²) in [4.78, 5) is 28.8. The van der Waals surface area contributed by atoms with Crippen LogP contribution < -0.4 is 10.6 Å². The van der Waals surface area contributed by atoms with E-state index in [4.69, 9.17) is 0 Å². The summed E-state index contributed by atoms with van der Waals surface area (Å²) in [6.45, 7) is 6.43. The standard InChI is InChI=1S/C23H25N3O2S/c1-23(2,3)17-10-12-18(13-11-17)24-21(28)19-15-29-22(25-19)26-20(27)14-9-16-7-5-4-6-8-16/h4-8,10-13,15H,9,14H2,1-3H3,(H,24,28)(H,25,26,27). The van der Waals surface area contributed by atoms with E-state index in [0.717, 1.165) is 5.56 Å². The molecular formula is C23H25N3O2S. The Hall–Kier alpha value is -2.99. The van der Waals surface area contributed by atoms with E-state index in [0.29, 0.717) is 23.7 Å². The second-order valence-electron chi connectivity index (χ2n) is 7.85. The normalized spacial score (nSPS) is 11.1. The van der Waals surface area contributed by atoms with Crippen LogP contribution in [0.2, 0.25) is 0 Å².